The zero-order valence-corrected chi connectivity index (χ0v) is 16.8. The SMILES string of the molecule is CC.NCC(F)CCCN1Cc2ccccc2-c2c([nH]c3ccc(F)cc23)C1=O. The molecule has 2 heterocycles. The van der Waals surface area contributed by atoms with Crippen LogP contribution >= 0.6 is 0 Å². The Hall–Kier alpha value is -2.73. The minimum Gasteiger partial charge on any atom is -0.350 e. The highest BCUT2D eigenvalue weighted by Gasteiger charge is 2.29. The second-order valence-corrected chi connectivity index (χ2v) is 6.92. The molecule has 0 spiro atoms. The van der Waals surface area contributed by atoms with Gasteiger partial charge in [0.1, 0.15) is 17.7 Å². The molecule has 1 amide bonds. The van der Waals surface area contributed by atoms with Crippen molar-refractivity contribution < 1.29 is 13.6 Å². The lowest BCUT2D eigenvalue weighted by Gasteiger charge is -2.21. The minimum absolute atomic E-state index is 0.00545. The highest BCUT2D eigenvalue weighted by molar-refractivity contribution is 6.11. The number of hydrogen-bond donors (Lipinski definition) is 2. The van der Waals surface area contributed by atoms with Gasteiger partial charge in [0, 0.05) is 36.1 Å². The Kier molecular flexibility index (Phi) is 6.64. The number of aromatic amines is 1. The zero-order valence-electron chi connectivity index (χ0n) is 16.8. The molecule has 4 rings (SSSR count). The third-order valence-corrected chi connectivity index (χ3v) is 5.11. The Morgan fingerprint density at radius 3 is 2.72 bits per heavy atom. The third kappa shape index (κ3) is 4.17. The largest absolute Gasteiger partial charge is 0.350 e. The van der Waals surface area contributed by atoms with Gasteiger partial charge in [-0.1, -0.05) is 38.1 Å². The van der Waals surface area contributed by atoms with Crippen molar-refractivity contribution in [3.8, 4) is 11.1 Å². The summed E-state index contributed by atoms with van der Waals surface area (Å²) in [6.45, 7) is 4.87. The van der Waals surface area contributed by atoms with Crippen LogP contribution in [0.25, 0.3) is 22.0 Å². The van der Waals surface area contributed by atoms with E-state index in [0.29, 0.717) is 37.0 Å². The van der Waals surface area contributed by atoms with Gasteiger partial charge in [-0.05, 0) is 42.2 Å². The number of nitrogens with one attached hydrogen (secondary N) is 1. The van der Waals surface area contributed by atoms with Crippen LogP contribution in [0.2, 0.25) is 0 Å². The summed E-state index contributed by atoms with van der Waals surface area (Å²) in [5.74, 6) is -0.493. The average Bonchev–Trinajstić information content (AvgIpc) is 3.07. The first-order valence-corrected chi connectivity index (χ1v) is 10.1. The number of benzene rings is 2. The number of fused-ring (bicyclic) bond motifs is 5. The van der Waals surface area contributed by atoms with Crippen molar-refractivity contribution in [2.24, 2.45) is 5.73 Å². The first kappa shape index (κ1) is 21.0. The quantitative estimate of drug-likeness (QED) is 0.632. The van der Waals surface area contributed by atoms with E-state index in [-0.39, 0.29) is 18.3 Å². The van der Waals surface area contributed by atoms with Gasteiger partial charge in [-0.2, -0.15) is 0 Å². The molecule has 0 saturated heterocycles. The highest BCUT2D eigenvalue weighted by Crippen LogP contribution is 2.38. The topological polar surface area (TPSA) is 62.1 Å². The Balaban J connectivity index is 0.00000117. The molecule has 1 atom stereocenters. The van der Waals surface area contributed by atoms with Gasteiger partial charge in [-0.25, -0.2) is 8.78 Å². The fourth-order valence-electron chi connectivity index (χ4n) is 3.74. The molecule has 6 heteroatoms. The molecule has 2 aromatic carbocycles. The summed E-state index contributed by atoms with van der Waals surface area (Å²) in [6, 6.07) is 12.2. The molecular formula is C23H27F2N3O. The molecule has 1 unspecified atom stereocenters. The summed E-state index contributed by atoms with van der Waals surface area (Å²) in [6.07, 6.45) is -0.186. The van der Waals surface area contributed by atoms with Gasteiger partial charge in [0.05, 0.1) is 0 Å². The van der Waals surface area contributed by atoms with E-state index in [1.807, 2.05) is 38.1 Å². The Bertz CT molecular complexity index is 999. The number of halogens is 2. The predicted octanol–water partition coefficient (Wildman–Crippen LogP) is 5.03. The molecule has 3 N–H and O–H groups in total. The Morgan fingerprint density at radius 2 is 1.97 bits per heavy atom. The van der Waals surface area contributed by atoms with Gasteiger partial charge in [0.15, 0.2) is 0 Å². The van der Waals surface area contributed by atoms with Crippen LogP contribution in [0, 0.1) is 5.82 Å². The van der Waals surface area contributed by atoms with Gasteiger partial charge >= 0.3 is 0 Å². The molecule has 29 heavy (non-hydrogen) atoms. The van der Waals surface area contributed by atoms with Crippen LogP contribution in [0.15, 0.2) is 42.5 Å². The lowest BCUT2D eigenvalue weighted by molar-refractivity contribution is 0.0735. The number of hydrogen-bond acceptors (Lipinski definition) is 2. The fraction of sp³-hybridized carbons (Fsp3) is 0.348. The number of amides is 1. The molecule has 0 aliphatic carbocycles. The van der Waals surface area contributed by atoms with Gasteiger partial charge in [-0.3, -0.25) is 4.79 Å². The molecule has 0 bridgehead atoms. The van der Waals surface area contributed by atoms with Crippen LogP contribution in [0.1, 0.15) is 42.7 Å². The van der Waals surface area contributed by atoms with Crippen molar-refractivity contribution in [2.75, 3.05) is 13.1 Å². The summed E-state index contributed by atoms with van der Waals surface area (Å²) >= 11 is 0. The maximum absolute atomic E-state index is 13.9. The van der Waals surface area contributed by atoms with Gasteiger partial charge in [0.25, 0.3) is 5.91 Å². The van der Waals surface area contributed by atoms with Crippen molar-refractivity contribution in [3.05, 3.63) is 59.5 Å². The number of alkyl halides is 1. The number of nitrogens with two attached hydrogens (primary N) is 1. The third-order valence-electron chi connectivity index (χ3n) is 5.11. The Morgan fingerprint density at radius 1 is 1.21 bits per heavy atom. The number of carbonyl (C=O) groups excluding carboxylic acids is 1. The van der Waals surface area contributed by atoms with Gasteiger partial charge in [-0.15, -0.1) is 0 Å². The summed E-state index contributed by atoms with van der Waals surface area (Å²) < 4.78 is 27.3. The predicted molar refractivity (Wildman–Crippen MR) is 113 cm³/mol. The molecule has 1 aliphatic heterocycles. The van der Waals surface area contributed by atoms with E-state index in [4.69, 9.17) is 5.73 Å². The van der Waals surface area contributed by atoms with E-state index in [9.17, 15) is 13.6 Å². The van der Waals surface area contributed by atoms with E-state index in [2.05, 4.69) is 4.98 Å². The molecule has 3 aromatic rings. The van der Waals surface area contributed by atoms with Crippen LogP contribution in [0.3, 0.4) is 0 Å². The van der Waals surface area contributed by atoms with E-state index in [1.165, 1.54) is 12.1 Å². The number of rotatable bonds is 5. The lowest BCUT2D eigenvalue weighted by Crippen LogP contribution is -2.31. The number of nitrogens with zero attached hydrogens (tertiary/aromatic N) is 1. The number of carbonyl (C=O) groups is 1. The van der Waals surface area contributed by atoms with Crippen LogP contribution < -0.4 is 5.73 Å². The second kappa shape index (κ2) is 9.18. The van der Waals surface area contributed by atoms with Crippen molar-refractivity contribution in [2.45, 2.75) is 39.4 Å². The molecule has 4 nitrogen and oxygen atoms in total. The van der Waals surface area contributed by atoms with Gasteiger partial charge < -0.3 is 15.6 Å². The first-order valence-electron chi connectivity index (χ1n) is 10.1. The van der Waals surface area contributed by atoms with E-state index in [1.54, 1.807) is 11.0 Å². The molecule has 1 aliphatic rings. The standard InChI is InChI=1S/C21H21F2N3O.C2H6/c22-14-7-8-18-17(10-14)19-16-6-2-1-4-13(16)12-26(21(27)20(19)25-18)9-3-5-15(23)11-24;1-2/h1-2,4,6-8,10,15,25H,3,5,9,11-12,24H2;1-2H3. The Labute approximate surface area is 169 Å². The summed E-state index contributed by atoms with van der Waals surface area (Å²) in [5.41, 5.74) is 9.16. The van der Waals surface area contributed by atoms with Crippen LogP contribution in [-0.4, -0.2) is 35.1 Å². The van der Waals surface area contributed by atoms with Gasteiger partial charge in [0.2, 0.25) is 0 Å². The molecule has 0 radical (unpaired) electrons. The lowest BCUT2D eigenvalue weighted by atomic mass is 9.98. The monoisotopic (exact) mass is 399 g/mol. The molecule has 1 aromatic heterocycles. The summed E-state index contributed by atoms with van der Waals surface area (Å²) in [4.78, 5) is 18.1. The molecule has 154 valence electrons. The van der Waals surface area contributed by atoms with E-state index >= 15 is 0 Å². The average molecular weight is 399 g/mol. The number of H-pyrrole nitrogens is 1. The molecule has 0 fully saturated rings. The van der Waals surface area contributed by atoms with Crippen molar-refractivity contribution in [1.82, 2.24) is 9.88 Å². The van der Waals surface area contributed by atoms with E-state index in [0.717, 1.165) is 22.2 Å². The maximum Gasteiger partial charge on any atom is 0.271 e. The van der Waals surface area contributed by atoms with E-state index < -0.39 is 6.17 Å². The van der Waals surface area contributed by atoms with Crippen molar-refractivity contribution in [1.29, 1.82) is 0 Å². The summed E-state index contributed by atoms with van der Waals surface area (Å²) in [5, 5.41) is 0.694. The highest BCUT2D eigenvalue weighted by atomic mass is 19.1. The number of aromatic nitrogens is 1. The second-order valence-electron chi connectivity index (χ2n) is 6.92. The van der Waals surface area contributed by atoms with Crippen LogP contribution in [0.4, 0.5) is 8.78 Å². The smallest absolute Gasteiger partial charge is 0.271 e. The fourth-order valence-corrected chi connectivity index (χ4v) is 3.74. The molecular weight excluding hydrogens is 372 g/mol. The molecule has 0 saturated carbocycles. The van der Waals surface area contributed by atoms with Crippen molar-refractivity contribution >= 4 is 16.8 Å². The summed E-state index contributed by atoms with van der Waals surface area (Å²) in [7, 11) is 0. The first-order chi connectivity index (χ1) is 14.1. The van der Waals surface area contributed by atoms with Crippen LogP contribution in [-0.2, 0) is 6.54 Å². The zero-order chi connectivity index (χ0) is 21.0. The minimum atomic E-state index is -1.05. The van der Waals surface area contributed by atoms with Crippen LogP contribution in [0.5, 0.6) is 0 Å². The maximum atomic E-state index is 13.9. The normalized spacial score (nSPS) is 14.0. The van der Waals surface area contributed by atoms with Crippen molar-refractivity contribution in [3.63, 3.8) is 0 Å².